The van der Waals surface area contributed by atoms with Gasteiger partial charge < -0.3 is 14.3 Å². The van der Waals surface area contributed by atoms with E-state index in [9.17, 15) is 14.0 Å². The summed E-state index contributed by atoms with van der Waals surface area (Å²) < 4.78 is 20.1. The van der Waals surface area contributed by atoms with Crippen molar-refractivity contribution >= 4 is 11.8 Å². The number of aromatic nitrogens is 2. The minimum Gasteiger partial charge on any atom is -0.453 e. The van der Waals surface area contributed by atoms with Crippen LogP contribution in [-0.2, 0) is 17.7 Å². The van der Waals surface area contributed by atoms with Gasteiger partial charge in [0.05, 0.1) is 0 Å². The molecule has 3 rings (SSSR count). The van der Waals surface area contributed by atoms with Crippen molar-refractivity contribution in [1.29, 1.82) is 0 Å². The molecule has 0 fully saturated rings. The summed E-state index contributed by atoms with van der Waals surface area (Å²) in [6.07, 6.45) is 2.35. The summed E-state index contributed by atoms with van der Waals surface area (Å²) in [4.78, 5) is 27.1. The zero-order valence-corrected chi connectivity index (χ0v) is 15.3. The summed E-state index contributed by atoms with van der Waals surface area (Å²) >= 11 is 0. The Labute approximate surface area is 156 Å². The number of ether oxygens (including phenoxy) is 1. The van der Waals surface area contributed by atoms with Gasteiger partial charge in [0.2, 0.25) is 5.78 Å². The molecule has 0 unspecified atom stereocenters. The zero-order valence-electron chi connectivity index (χ0n) is 15.3. The molecule has 27 heavy (non-hydrogen) atoms. The van der Waals surface area contributed by atoms with E-state index < -0.39 is 5.97 Å². The molecule has 0 spiro atoms. The largest absolute Gasteiger partial charge is 0.453 e. The fraction of sp³-hybridized carbons (Fsp3) is 0.238. The van der Waals surface area contributed by atoms with Gasteiger partial charge in [0.1, 0.15) is 11.5 Å². The first-order chi connectivity index (χ1) is 13.0. The Bertz CT molecular complexity index is 941. The Morgan fingerprint density at radius 2 is 1.89 bits per heavy atom. The SMILES string of the molecule is Cc1cc(C(=O)COC(=O)c2ccc[nH]2)c(C)n1CCc1ccc(F)cc1. The number of H-pyrrole nitrogens is 1. The average molecular weight is 368 g/mol. The fourth-order valence-corrected chi connectivity index (χ4v) is 3.06. The summed E-state index contributed by atoms with van der Waals surface area (Å²) in [5.41, 5.74) is 3.67. The van der Waals surface area contributed by atoms with Crippen LogP contribution in [0.2, 0.25) is 0 Å². The molecule has 6 heteroatoms. The van der Waals surface area contributed by atoms with E-state index in [2.05, 4.69) is 4.98 Å². The van der Waals surface area contributed by atoms with E-state index in [-0.39, 0.29) is 18.2 Å². The summed E-state index contributed by atoms with van der Waals surface area (Å²) in [5, 5.41) is 0. The van der Waals surface area contributed by atoms with Gasteiger partial charge in [-0.1, -0.05) is 12.1 Å². The monoisotopic (exact) mass is 368 g/mol. The number of esters is 1. The van der Waals surface area contributed by atoms with Crippen molar-refractivity contribution in [2.45, 2.75) is 26.8 Å². The molecule has 2 aromatic heterocycles. The third-order valence-electron chi connectivity index (χ3n) is 4.56. The van der Waals surface area contributed by atoms with Gasteiger partial charge in [0.15, 0.2) is 6.61 Å². The second-order valence-electron chi connectivity index (χ2n) is 6.40. The number of nitrogens with zero attached hydrogens (tertiary/aromatic N) is 1. The van der Waals surface area contributed by atoms with E-state index in [0.717, 1.165) is 23.4 Å². The van der Waals surface area contributed by atoms with E-state index in [1.54, 1.807) is 30.5 Å². The van der Waals surface area contributed by atoms with Gasteiger partial charge in [0.25, 0.3) is 0 Å². The van der Waals surface area contributed by atoms with Gasteiger partial charge in [-0.15, -0.1) is 0 Å². The van der Waals surface area contributed by atoms with Crippen molar-refractivity contribution in [1.82, 2.24) is 9.55 Å². The van der Waals surface area contributed by atoms with E-state index >= 15 is 0 Å². The van der Waals surface area contributed by atoms with Crippen LogP contribution in [-0.4, -0.2) is 27.9 Å². The number of carbonyl (C=O) groups excluding carboxylic acids is 2. The highest BCUT2D eigenvalue weighted by molar-refractivity contribution is 6.00. The second kappa shape index (κ2) is 8.03. The summed E-state index contributed by atoms with van der Waals surface area (Å²) in [7, 11) is 0. The number of hydrogen-bond acceptors (Lipinski definition) is 3. The highest BCUT2D eigenvalue weighted by Gasteiger charge is 2.18. The van der Waals surface area contributed by atoms with Gasteiger partial charge in [-0.25, -0.2) is 9.18 Å². The molecule has 0 bridgehead atoms. The second-order valence-corrected chi connectivity index (χ2v) is 6.40. The smallest absolute Gasteiger partial charge is 0.355 e. The van der Waals surface area contributed by atoms with Gasteiger partial charge in [-0.2, -0.15) is 0 Å². The van der Waals surface area contributed by atoms with Gasteiger partial charge in [-0.3, -0.25) is 4.79 Å². The average Bonchev–Trinajstić information content (AvgIpc) is 3.28. The number of ketones is 1. The molecular weight excluding hydrogens is 347 g/mol. The van der Waals surface area contributed by atoms with Crippen LogP contribution < -0.4 is 0 Å². The van der Waals surface area contributed by atoms with Crippen molar-refractivity contribution in [2.24, 2.45) is 0 Å². The number of hydrogen-bond donors (Lipinski definition) is 1. The zero-order chi connectivity index (χ0) is 19.4. The highest BCUT2D eigenvalue weighted by Crippen LogP contribution is 2.17. The van der Waals surface area contributed by atoms with Crippen LogP contribution in [0.15, 0.2) is 48.7 Å². The number of halogens is 1. The fourth-order valence-electron chi connectivity index (χ4n) is 3.06. The van der Waals surface area contributed by atoms with Crippen LogP contribution in [0.3, 0.4) is 0 Å². The molecule has 0 amide bonds. The van der Waals surface area contributed by atoms with Crippen LogP contribution in [0.1, 0.15) is 37.8 Å². The lowest BCUT2D eigenvalue weighted by Gasteiger charge is -2.10. The first-order valence-corrected chi connectivity index (χ1v) is 8.70. The predicted molar refractivity (Wildman–Crippen MR) is 99.4 cm³/mol. The molecule has 140 valence electrons. The van der Waals surface area contributed by atoms with Crippen molar-refractivity contribution in [3.63, 3.8) is 0 Å². The first-order valence-electron chi connectivity index (χ1n) is 8.70. The number of benzene rings is 1. The van der Waals surface area contributed by atoms with Crippen molar-refractivity contribution in [2.75, 3.05) is 6.61 Å². The third kappa shape index (κ3) is 4.34. The van der Waals surface area contributed by atoms with Crippen LogP contribution in [0, 0.1) is 19.7 Å². The third-order valence-corrected chi connectivity index (χ3v) is 4.56. The predicted octanol–water partition coefficient (Wildman–Crippen LogP) is 3.85. The molecule has 0 saturated carbocycles. The lowest BCUT2D eigenvalue weighted by molar-refractivity contribution is 0.0469. The molecule has 0 aliphatic rings. The van der Waals surface area contributed by atoms with Crippen LogP contribution >= 0.6 is 0 Å². The van der Waals surface area contributed by atoms with Crippen LogP contribution in [0.5, 0.6) is 0 Å². The number of Topliss-reactive ketones (excluding diaryl/α,β-unsaturated/α-hetero) is 1. The number of carbonyl (C=O) groups is 2. The molecule has 0 atom stereocenters. The molecule has 2 heterocycles. The Hall–Kier alpha value is -3.15. The summed E-state index contributed by atoms with van der Waals surface area (Å²) in [6, 6.07) is 11.5. The van der Waals surface area contributed by atoms with Crippen molar-refractivity contribution < 1.29 is 18.7 Å². The molecule has 0 radical (unpaired) electrons. The molecule has 0 aliphatic carbocycles. The molecule has 0 saturated heterocycles. The van der Waals surface area contributed by atoms with E-state index in [0.29, 0.717) is 17.8 Å². The topological polar surface area (TPSA) is 64.1 Å². The van der Waals surface area contributed by atoms with Crippen LogP contribution in [0.25, 0.3) is 0 Å². The Morgan fingerprint density at radius 3 is 2.56 bits per heavy atom. The van der Waals surface area contributed by atoms with Crippen LogP contribution in [0.4, 0.5) is 4.39 Å². The lowest BCUT2D eigenvalue weighted by Crippen LogP contribution is -2.15. The van der Waals surface area contributed by atoms with E-state index in [4.69, 9.17) is 4.74 Å². The summed E-state index contributed by atoms with van der Waals surface area (Å²) in [5.74, 6) is -1.05. The molecule has 0 aliphatic heterocycles. The Kier molecular flexibility index (Phi) is 5.54. The molecule has 3 aromatic rings. The molecule has 1 aromatic carbocycles. The number of rotatable bonds is 7. The molecule has 1 N–H and O–H groups in total. The first kappa shape index (κ1) is 18.6. The van der Waals surface area contributed by atoms with Crippen molar-refractivity contribution in [3.05, 3.63) is 82.7 Å². The normalized spacial score (nSPS) is 10.8. The quantitative estimate of drug-likeness (QED) is 0.509. The van der Waals surface area contributed by atoms with Crippen molar-refractivity contribution in [3.8, 4) is 0 Å². The minimum atomic E-state index is -0.557. The van der Waals surface area contributed by atoms with Gasteiger partial charge in [0, 0.05) is 29.7 Å². The maximum Gasteiger partial charge on any atom is 0.355 e. The maximum atomic E-state index is 13.0. The minimum absolute atomic E-state index is 0.240. The standard InChI is InChI=1S/C21H21FN2O3/c1-14-12-18(20(25)13-27-21(26)19-4-3-10-23-19)15(2)24(14)11-9-16-5-7-17(22)8-6-16/h3-8,10,12,23H,9,11,13H2,1-2H3. The highest BCUT2D eigenvalue weighted by atomic mass is 19.1. The Balaban J connectivity index is 1.64. The van der Waals surface area contributed by atoms with E-state index in [1.807, 2.05) is 24.5 Å². The van der Waals surface area contributed by atoms with Gasteiger partial charge in [-0.05, 0) is 56.2 Å². The molecular formula is C21H21FN2O3. The number of nitrogens with one attached hydrogen (secondary N) is 1. The molecule has 5 nitrogen and oxygen atoms in total. The maximum absolute atomic E-state index is 13.0. The number of aromatic amines is 1. The number of aryl methyl sites for hydroxylation is 2. The van der Waals surface area contributed by atoms with E-state index in [1.165, 1.54) is 12.1 Å². The lowest BCUT2D eigenvalue weighted by atomic mass is 10.1. The Morgan fingerprint density at radius 1 is 1.15 bits per heavy atom. The van der Waals surface area contributed by atoms with Gasteiger partial charge >= 0.3 is 5.97 Å². The summed E-state index contributed by atoms with van der Waals surface area (Å²) in [6.45, 7) is 4.18.